The van der Waals surface area contributed by atoms with Crippen LogP contribution in [-0.2, 0) is 4.74 Å². The zero-order valence-corrected chi connectivity index (χ0v) is 10.6. The molecule has 0 bridgehead atoms. The lowest BCUT2D eigenvalue weighted by molar-refractivity contribution is 0.132. The molecule has 108 valence electrons. The summed E-state index contributed by atoms with van der Waals surface area (Å²) < 4.78 is 62.2. The van der Waals surface area contributed by atoms with Crippen LogP contribution >= 0.6 is 0 Å². The van der Waals surface area contributed by atoms with E-state index in [-0.39, 0.29) is 25.3 Å². The fourth-order valence-corrected chi connectivity index (χ4v) is 1.52. The first-order valence-corrected chi connectivity index (χ1v) is 5.69. The molecule has 19 heavy (non-hydrogen) atoms. The van der Waals surface area contributed by atoms with E-state index in [1.54, 1.807) is 0 Å². The minimum atomic E-state index is -1.55. The summed E-state index contributed by atoms with van der Waals surface area (Å²) in [5.74, 6) is -7.16. The molecule has 0 saturated carbocycles. The van der Waals surface area contributed by atoms with Gasteiger partial charge in [0.2, 0.25) is 11.6 Å². The third-order valence-electron chi connectivity index (χ3n) is 2.36. The molecule has 1 atom stereocenters. The highest BCUT2D eigenvalue weighted by molar-refractivity contribution is 5.28. The average Bonchev–Trinajstić information content (AvgIpc) is 2.37. The van der Waals surface area contributed by atoms with Gasteiger partial charge in [0.05, 0.1) is 12.6 Å². The monoisotopic (exact) mass is 281 g/mol. The highest BCUT2D eigenvalue weighted by Gasteiger charge is 2.21. The Morgan fingerprint density at radius 3 is 2.16 bits per heavy atom. The number of halogens is 4. The van der Waals surface area contributed by atoms with Gasteiger partial charge >= 0.3 is 0 Å². The van der Waals surface area contributed by atoms with Gasteiger partial charge in [0, 0.05) is 13.2 Å². The molecular formula is C12H15F4NO2. The molecule has 1 aromatic rings. The third kappa shape index (κ3) is 4.07. The largest absolute Gasteiger partial charge is 0.486 e. The maximum absolute atomic E-state index is 13.3. The number of benzene rings is 1. The van der Waals surface area contributed by atoms with Crippen molar-refractivity contribution in [1.29, 1.82) is 0 Å². The topological polar surface area (TPSA) is 30.5 Å². The molecular weight excluding hydrogens is 266 g/mol. The first kappa shape index (κ1) is 15.7. The molecule has 3 nitrogen and oxygen atoms in total. The van der Waals surface area contributed by atoms with E-state index in [0.717, 1.165) is 0 Å². The molecule has 0 aliphatic rings. The lowest BCUT2D eigenvalue weighted by Gasteiger charge is -2.18. The van der Waals surface area contributed by atoms with Gasteiger partial charge in [-0.25, -0.2) is 8.78 Å². The molecule has 0 heterocycles. The summed E-state index contributed by atoms with van der Waals surface area (Å²) in [6.07, 6.45) is 0. The molecule has 1 rings (SSSR count). The number of likely N-dealkylation sites (N-methyl/N-ethyl adjacent to an activating group) is 1. The van der Waals surface area contributed by atoms with Crippen LogP contribution in [-0.4, -0.2) is 32.9 Å². The normalized spacial score (nSPS) is 12.5. The second-order valence-electron chi connectivity index (χ2n) is 3.82. The highest BCUT2D eigenvalue weighted by Crippen LogP contribution is 2.26. The van der Waals surface area contributed by atoms with E-state index in [1.807, 2.05) is 6.92 Å². The van der Waals surface area contributed by atoms with Crippen LogP contribution in [0.15, 0.2) is 6.07 Å². The van der Waals surface area contributed by atoms with E-state index < -0.39 is 29.0 Å². The standard InChI is InChI=1S/C12H15F4NO2/c1-3-17-7(5-18-2)6-19-12-10(15)8(13)4-9(14)11(12)16/h4,7,17H,3,5-6H2,1-2H3. The number of methoxy groups -OCH3 is 1. The van der Waals surface area contributed by atoms with Crippen molar-refractivity contribution in [3.63, 3.8) is 0 Å². The number of rotatable bonds is 7. The third-order valence-corrected chi connectivity index (χ3v) is 2.36. The maximum atomic E-state index is 13.3. The zero-order chi connectivity index (χ0) is 14.4. The van der Waals surface area contributed by atoms with Crippen molar-refractivity contribution in [3.05, 3.63) is 29.3 Å². The molecule has 0 amide bonds. The fraction of sp³-hybridized carbons (Fsp3) is 0.500. The van der Waals surface area contributed by atoms with Gasteiger partial charge in [-0.2, -0.15) is 8.78 Å². The molecule has 0 aliphatic carbocycles. The van der Waals surface area contributed by atoms with Crippen LogP contribution in [0, 0.1) is 23.3 Å². The predicted molar refractivity (Wildman–Crippen MR) is 61.1 cm³/mol. The van der Waals surface area contributed by atoms with Gasteiger partial charge < -0.3 is 14.8 Å². The van der Waals surface area contributed by atoms with E-state index in [4.69, 9.17) is 9.47 Å². The second-order valence-corrected chi connectivity index (χ2v) is 3.82. The summed E-state index contributed by atoms with van der Waals surface area (Å²) in [6, 6.07) is -0.214. The van der Waals surface area contributed by atoms with Gasteiger partial charge in [0.15, 0.2) is 17.4 Å². The van der Waals surface area contributed by atoms with Gasteiger partial charge in [-0.3, -0.25) is 0 Å². The van der Waals surface area contributed by atoms with Crippen molar-refractivity contribution in [2.24, 2.45) is 0 Å². The van der Waals surface area contributed by atoms with Gasteiger partial charge in [0.1, 0.15) is 6.61 Å². The number of nitrogens with one attached hydrogen (secondary N) is 1. The molecule has 0 aliphatic heterocycles. The van der Waals surface area contributed by atoms with Gasteiger partial charge in [-0.05, 0) is 6.54 Å². The van der Waals surface area contributed by atoms with Gasteiger partial charge in [-0.1, -0.05) is 6.92 Å². The van der Waals surface area contributed by atoms with Crippen molar-refractivity contribution < 1.29 is 27.0 Å². The first-order chi connectivity index (χ1) is 9.01. The quantitative estimate of drug-likeness (QED) is 0.614. The predicted octanol–water partition coefficient (Wildman–Crippen LogP) is 2.25. The molecule has 0 spiro atoms. The summed E-state index contributed by atoms with van der Waals surface area (Å²) in [6.45, 7) is 2.46. The van der Waals surface area contributed by atoms with Crippen LogP contribution in [0.25, 0.3) is 0 Å². The van der Waals surface area contributed by atoms with E-state index in [2.05, 4.69) is 5.32 Å². The van der Waals surface area contributed by atoms with Gasteiger partial charge in [-0.15, -0.1) is 0 Å². The Hall–Kier alpha value is -1.34. The molecule has 1 N–H and O–H groups in total. The lowest BCUT2D eigenvalue weighted by atomic mass is 10.3. The molecule has 0 saturated heterocycles. The Bertz CT molecular complexity index is 396. The SMILES string of the molecule is CCNC(COC)COc1c(F)c(F)cc(F)c1F. The summed E-state index contributed by atoms with van der Waals surface area (Å²) in [4.78, 5) is 0. The van der Waals surface area contributed by atoms with E-state index in [9.17, 15) is 17.6 Å². The lowest BCUT2D eigenvalue weighted by Crippen LogP contribution is -2.38. The Morgan fingerprint density at radius 2 is 1.68 bits per heavy atom. The Labute approximate surface area is 108 Å². The Balaban J connectivity index is 2.81. The number of ether oxygens (including phenoxy) is 2. The van der Waals surface area contributed by atoms with Crippen LogP contribution in [0.4, 0.5) is 17.6 Å². The summed E-state index contributed by atoms with van der Waals surface area (Å²) in [7, 11) is 1.45. The minimum absolute atomic E-state index is 0.133. The zero-order valence-electron chi connectivity index (χ0n) is 10.6. The van der Waals surface area contributed by atoms with Crippen molar-refractivity contribution in [1.82, 2.24) is 5.32 Å². The van der Waals surface area contributed by atoms with E-state index in [1.165, 1.54) is 7.11 Å². The summed E-state index contributed by atoms with van der Waals surface area (Å²) in [5, 5.41) is 2.94. The van der Waals surface area contributed by atoms with Crippen LogP contribution in [0.5, 0.6) is 5.75 Å². The Kier molecular flexibility index (Phi) is 6.04. The van der Waals surface area contributed by atoms with Crippen LogP contribution in [0.2, 0.25) is 0 Å². The maximum Gasteiger partial charge on any atom is 0.203 e. The van der Waals surface area contributed by atoms with E-state index in [0.29, 0.717) is 6.54 Å². The summed E-state index contributed by atoms with van der Waals surface area (Å²) in [5.41, 5.74) is 0. The van der Waals surface area contributed by atoms with Crippen LogP contribution in [0.1, 0.15) is 6.92 Å². The van der Waals surface area contributed by atoms with Crippen LogP contribution in [0.3, 0.4) is 0 Å². The van der Waals surface area contributed by atoms with Crippen molar-refractivity contribution in [2.75, 3.05) is 26.9 Å². The number of hydrogen-bond acceptors (Lipinski definition) is 3. The molecule has 7 heteroatoms. The molecule has 1 unspecified atom stereocenters. The smallest absolute Gasteiger partial charge is 0.203 e. The first-order valence-electron chi connectivity index (χ1n) is 5.69. The van der Waals surface area contributed by atoms with Crippen LogP contribution < -0.4 is 10.1 Å². The van der Waals surface area contributed by atoms with E-state index >= 15 is 0 Å². The van der Waals surface area contributed by atoms with Crippen molar-refractivity contribution >= 4 is 0 Å². The van der Waals surface area contributed by atoms with Crippen molar-refractivity contribution in [3.8, 4) is 5.75 Å². The molecule has 0 fully saturated rings. The summed E-state index contributed by atoms with van der Waals surface area (Å²) >= 11 is 0. The Morgan fingerprint density at radius 1 is 1.11 bits per heavy atom. The highest BCUT2D eigenvalue weighted by atomic mass is 19.2. The second kappa shape index (κ2) is 7.30. The van der Waals surface area contributed by atoms with Crippen molar-refractivity contribution in [2.45, 2.75) is 13.0 Å². The fourth-order valence-electron chi connectivity index (χ4n) is 1.52. The number of hydrogen-bond donors (Lipinski definition) is 1. The molecule has 0 aromatic heterocycles. The average molecular weight is 281 g/mol. The molecule has 0 radical (unpaired) electrons. The minimum Gasteiger partial charge on any atom is -0.486 e. The molecule has 1 aromatic carbocycles. The van der Waals surface area contributed by atoms with Gasteiger partial charge in [0.25, 0.3) is 0 Å².